The van der Waals surface area contributed by atoms with Gasteiger partial charge < -0.3 is 53.7 Å². The van der Waals surface area contributed by atoms with E-state index in [0.717, 1.165) is 128 Å². The molecule has 11 rings (SSSR count). The van der Waals surface area contributed by atoms with Crippen LogP contribution in [-0.4, -0.2) is 81.3 Å². The van der Waals surface area contributed by atoms with Gasteiger partial charge >= 0.3 is 5.97 Å². The van der Waals surface area contributed by atoms with Crippen LogP contribution < -0.4 is 40.0 Å². The van der Waals surface area contributed by atoms with E-state index in [1.165, 1.54) is 0 Å². The van der Waals surface area contributed by atoms with E-state index in [1.54, 1.807) is 13.2 Å². The van der Waals surface area contributed by atoms with Gasteiger partial charge in [-0.2, -0.15) is 0 Å². The van der Waals surface area contributed by atoms with E-state index in [2.05, 4.69) is 26.9 Å². The van der Waals surface area contributed by atoms with Gasteiger partial charge in [-0.1, -0.05) is 54.6 Å². The lowest BCUT2D eigenvalue weighted by Crippen LogP contribution is -2.36. The van der Waals surface area contributed by atoms with Gasteiger partial charge in [-0.15, -0.1) is 0 Å². The third-order valence-corrected chi connectivity index (χ3v) is 13.0. The lowest BCUT2D eigenvalue weighted by molar-refractivity contribution is -0.153. The van der Waals surface area contributed by atoms with Crippen LogP contribution in [0.4, 0.5) is 17.1 Å². The minimum atomic E-state index is -0.538. The number of hydrogen-bond donors (Lipinski definition) is 2. The van der Waals surface area contributed by atoms with Crippen LogP contribution in [0, 0.1) is 0 Å². The third kappa shape index (κ3) is 10.9. The Balaban J connectivity index is 0.000000182. The summed E-state index contributed by atoms with van der Waals surface area (Å²) in [5, 5.41) is 0. The van der Waals surface area contributed by atoms with Crippen LogP contribution >= 0.6 is 0 Å². The van der Waals surface area contributed by atoms with Crippen molar-refractivity contribution < 1.29 is 38.0 Å². The molecule has 2 saturated heterocycles. The first-order valence-corrected chi connectivity index (χ1v) is 24.4. The Kier molecular flexibility index (Phi) is 13.9. The molecule has 0 saturated carbocycles. The molecule has 4 aliphatic rings. The normalized spacial score (nSPS) is 14.7. The number of para-hydroxylation sites is 2. The van der Waals surface area contributed by atoms with Crippen LogP contribution in [0.25, 0.3) is 22.5 Å². The van der Waals surface area contributed by atoms with E-state index in [-0.39, 0.29) is 17.9 Å². The number of nitrogen functional groups attached to an aromatic ring is 1. The van der Waals surface area contributed by atoms with Crippen molar-refractivity contribution >= 4 is 23.0 Å². The Morgan fingerprint density at radius 3 is 1.97 bits per heavy atom. The van der Waals surface area contributed by atoms with Gasteiger partial charge in [0, 0.05) is 102 Å². The van der Waals surface area contributed by atoms with Crippen molar-refractivity contribution in [2.45, 2.75) is 52.2 Å². The average molecular weight is 970 g/mol. The smallest absolute Gasteiger partial charge is 0.310 e. The summed E-state index contributed by atoms with van der Waals surface area (Å²) in [6.45, 7) is 11.8. The van der Waals surface area contributed by atoms with Gasteiger partial charge in [0.05, 0.1) is 51.3 Å². The van der Waals surface area contributed by atoms with Crippen molar-refractivity contribution in [1.82, 2.24) is 9.97 Å². The van der Waals surface area contributed by atoms with Crippen LogP contribution in [0.5, 0.6) is 34.6 Å². The number of benzene rings is 5. The second-order valence-electron chi connectivity index (χ2n) is 19.1. The number of aromatic nitrogens is 2. The summed E-state index contributed by atoms with van der Waals surface area (Å²) >= 11 is 0. The Morgan fingerprint density at radius 1 is 0.708 bits per heavy atom. The third-order valence-electron chi connectivity index (χ3n) is 13.0. The number of carbonyl (C=O) groups is 1. The van der Waals surface area contributed by atoms with Crippen molar-refractivity contribution in [1.29, 1.82) is 0 Å². The number of nitrogens with one attached hydrogen (secondary N) is 1. The Bertz CT molecular complexity index is 3150. The Labute approximate surface area is 419 Å². The second-order valence-corrected chi connectivity index (χ2v) is 19.1. The Morgan fingerprint density at radius 2 is 1.31 bits per heavy atom. The van der Waals surface area contributed by atoms with Crippen molar-refractivity contribution in [2.24, 2.45) is 0 Å². The van der Waals surface area contributed by atoms with Crippen molar-refractivity contribution in [3.8, 4) is 57.1 Å². The molecule has 0 aliphatic carbocycles. The van der Waals surface area contributed by atoms with Crippen molar-refractivity contribution in [3.05, 3.63) is 165 Å². The fourth-order valence-electron chi connectivity index (χ4n) is 9.44. The van der Waals surface area contributed by atoms with E-state index in [0.29, 0.717) is 51.8 Å². The molecule has 0 unspecified atom stereocenters. The molecular formula is C58H59N5O9. The number of fused-ring (bicyclic) bond motifs is 4. The molecule has 0 amide bonds. The van der Waals surface area contributed by atoms with Gasteiger partial charge in [0.25, 0.3) is 0 Å². The summed E-state index contributed by atoms with van der Waals surface area (Å²) in [6.07, 6.45) is 1.54. The number of methoxy groups -OCH3 is 1. The molecule has 2 aromatic heterocycles. The van der Waals surface area contributed by atoms with Gasteiger partial charge in [0.2, 0.25) is 11.4 Å². The number of pyridine rings is 2. The van der Waals surface area contributed by atoms with E-state index >= 15 is 0 Å². The predicted octanol–water partition coefficient (Wildman–Crippen LogP) is 9.91. The SMILES string of the molecule is COc1ccc(COc2cc(N3CCOCC3)cc(-c3cccc4c3Oc3cccc(CC(=O)OC(C)(C)C)c3C4)n2)cc1.Nc1cccc2c1Cc1cccc(-c3cc(N4CCOCC4)cc(=O)[nH]3)c1O2. The molecular weight excluding hydrogens is 911 g/mol. The number of hydrogen-bond acceptors (Lipinski definition) is 13. The second kappa shape index (κ2) is 20.9. The lowest BCUT2D eigenvalue weighted by atomic mass is 9.92. The summed E-state index contributed by atoms with van der Waals surface area (Å²) in [5.74, 6) is 4.14. The first kappa shape index (κ1) is 47.8. The van der Waals surface area contributed by atoms with Crippen LogP contribution in [-0.2, 0) is 44.9 Å². The van der Waals surface area contributed by atoms with Gasteiger partial charge in [-0.3, -0.25) is 9.59 Å². The quantitative estimate of drug-likeness (QED) is 0.0986. The van der Waals surface area contributed by atoms with Crippen LogP contribution in [0.15, 0.2) is 126 Å². The first-order valence-electron chi connectivity index (χ1n) is 24.4. The standard InChI is InChI=1S/C36H38N2O6.C22H21N3O3/c1-36(2,3)44-34(39)20-25-7-6-10-32-30(25)19-26-8-5-9-29(35(26)43-32)31-21-27(38-15-17-41-18-16-38)22-33(37-31)42-23-24-11-13-28(40-4)14-12-24;23-18-5-2-6-20-17(18)11-14-3-1-4-16(22(14)28-20)19-12-15(13-21(26)24-19)25-7-9-27-10-8-25/h5-14,21-22H,15-20,23H2,1-4H3;1-6,12-13H,7-11,23H2,(H,24,26). The summed E-state index contributed by atoms with van der Waals surface area (Å²) < 4.78 is 41.0. The molecule has 2 fully saturated rings. The minimum absolute atomic E-state index is 0.128. The molecule has 7 aromatic rings. The lowest BCUT2D eigenvalue weighted by Gasteiger charge is -2.29. The first-order chi connectivity index (χ1) is 34.9. The molecule has 370 valence electrons. The summed E-state index contributed by atoms with van der Waals surface area (Å²) in [4.78, 5) is 37.4. The number of esters is 1. The van der Waals surface area contributed by atoms with Crippen molar-refractivity contribution in [3.63, 3.8) is 0 Å². The summed E-state index contributed by atoms with van der Waals surface area (Å²) in [6, 6.07) is 39.3. The molecule has 6 heterocycles. The predicted molar refractivity (Wildman–Crippen MR) is 278 cm³/mol. The van der Waals surface area contributed by atoms with Crippen LogP contribution in [0.3, 0.4) is 0 Å². The number of ether oxygens (including phenoxy) is 7. The summed E-state index contributed by atoms with van der Waals surface area (Å²) in [7, 11) is 1.65. The fraction of sp³-hybridized carbons (Fsp3) is 0.293. The highest BCUT2D eigenvalue weighted by Crippen LogP contribution is 2.46. The molecule has 5 aromatic carbocycles. The van der Waals surface area contributed by atoms with Crippen LogP contribution in [0.2, 0.25) is 0 Å². The van der Waals surface area contributed by atoms with E-state index < -0.39 is 5.60 Å². The highest BCUT2D eigenvalue weighted by atomic mass is 16.6. The van der Waals surface area contributed by atoms with Gasteiger partial charge in [-0.05, 0) is 86.5 Å². The number of rotatable bonds is 10. The van der Waals surface area contributed by atoms with E-state index in [1.807, 2.05) is 124 Å². The molecule has 0 atom stereocenters. The topological polar surface area (TPSA) is 160 Å². The number of anilines is 3. The molecule has 4 aliphatic heterocycles. The van der Waals surface area contributed by atoms with E-state index in [9.17, 15) is 9.59 Å². The maximum atomic E-state index is 12.7. The Hall–Kier alpha value is -7.81. The number of nitrogens with zero attached hydrogens (tertiary/aromatic N) is 3. The molecule has 3 N–H and O–H groups in total. The zero-order chi connectivity index (χ0) is 49.8. The largest absolute Gasteiger partial charge is 0.497 e. The zero-order valence-electron chi connectivity index (χ0n) is 41.1. The molecule has 0 spiro atoms. The molecule has 72 heavy (non-hydrogen) atoms. The van der Waals surface area contributed by atoms with Gasteiger partial charge in [0.1, 0.15) is 41.0 Å². The van der Waals surface area contributed by atoms with Gasteiger partial charge in [0.15, 0.2) is 0 Å². The summed E-state index contributed by atoms with van der Waals surface area (Å²) in [5.41, 5.74) is 17.4. The van der Waals surface area contributed by atoms with Crippen molar-refractivity contribution in [2.75, 3.05) is 75.2 Å². The number of aromatic amines is 1. The average Bonchev–Trinajstić information content (AvgIpc) is 3.39. The maximum absolute atomic E-state index is 12.7. The zero-order valence-corrected chi connectivity index (χ0v) is 41.1. The fourth-order valence-corrected chi connectivity index (χ4v) is 9.44. The monoisotopic (exact) mass is 969 g/mol. The number of nitrogens with two attached hydrogens (primary N) is 1. The molecule has 0 radical (unpaired) electrons. The molecule has 0 bridgehead atoms. The van der Waals surface area contributed by atoms with Crippen LogP contribution in [0.1, 0.15) is 54.2 Å². The molecule has 14 heteroatoms. The number of carbonyl (C=O) groups excluding carboxylic acids is 1. The molecule has 14 nitrogen and oxygen atoms in total. The van der Waals surface area contributed by atoms with E-state index in [4.69, 9.17) is 43.9 Å². The van der Waals surface area contributed by atoms with Gasteiger partial charge in [-0.25, -0.2) is 4.98 Å². The number of morpholine rings is 2. The minimum Gasteiger partial charge on any atom is -0.497 e. The highest BCUT2D eigenvalue weighted by molar-refractivity contribution is 5.78. The number of H-pyrrole nitrogens is 1. The maximum Gasteiger partial charge on any atom is 0.310 e. The highest BCUT2D eigenvalue weighted by Gasteiger charge is 2.27.